The highest BCUT2D eigenvalue weighted by atomic mass is 16.4. The molecular weight excluding hydrogens is 328 g/mol. The molecule has 130 valence electrons. The second kappa shape index (κ2) is 7.57. The molecule has 0 spiro atoms. The maximum Gasteiger partial charge on any atom is 0.335 e. The van der Waals surface area contributed by atoms with Gasteiger partial charge in [-0.25, -0.2) is 9.78 Å². The van der Waals surface area contributed by atoms with E-state index >= 15 is 0 Å². The van der Waals surface area contributed by atoms with Crippen molar-refractivity contribution in [2.45, 2.75) is 6.54 Å². The lowest BCUT2D eigenvalue weighted by atomic mass is 10.1. The normalized spacial score (nSPS) is 12.0. The Morgan fingerprint density at radius 2 is 2.19 bits per heavy atom. The van der Waals surface area contributed by atoms with Crippen LogP contribution in [0.15, 0.2) is 47.6 Å². The predicted molar refractivity (Wildman–Crippen MR) is 104 cm³/mol. The van der Waals surface area contributed by atoms with Gasteiger partial charge in [0.05, 0.1) is 23.3 Å². The van der Waals surface area contributed by atoms with E-state index in [1.54, 1.807) is 37.7 Å². The molecule has 0 saturated carbocycles. The second-order valence-electron chi connectivity index (χ2n) is 5.64. The van der Waals surface area contributed by atoms with Crippen LogP contribution in [-0.2, 0) is 6.54 Å². The maximum absolute atomic E-state index is 11.2. The number of carboxylic acid groups (broad SMARTS) is 1. The lowest BCUT2D eigenvalue weighted by Gasteiger charge is -2.09. The number of pyridine rings is 2. The molecule has 6 heteroatoms. The molecule has 6 nitrogen and oxygen atoms in total. The molecule has 2 N–H and O–H groups in total. The smallest absolute Gasteiger partial charge is 0.335 e. The Morgan fingerprint density at radius 3 is 2.88 bits per heavy atom. The molecule has 2 aromatic heterocycles. The third kappa shape index (κ3) is 3.59. The van der Waals surface area contributed by atoms with Gasteiger partial charge in [0.1, 0.15) is 5.82 Å². The molecule has 0 bridgehead atoms. The molecule has 3 rings (SSSR count). The fraction of sp³-hybridized carbons (Fsp3) is 0.100. The first-order valence-corrected chi connectivity index (χ1v) is 8.02. The SMILES string of the molecule is C=c1/c(=C\C=N/C)c(NCc2ccccn2)nc2cc(C(=O)O)ccc12. The Kier molecular flexibility index (Phi) is 5.03. The standard InChI is InChI=1S/C20H18N4O2/c1-13-16-7-6-14(20(25)26)11-18(16)24-19(17(13)8-10-21-2)23-12-15-5-3-4-9-22-15/h3-11H,1,12H2,2H3,(H,23,24)(H,25,26)/b17-8+,21-10-. The molecule has 0 aliphatic rings. The minimum Gasteiger partial charge on any atom is -0.478 e. The molecule has 26 heavy (non-hydrogen) atoms. The molecular formula is C20H18N4O2. The molecule has 0 aliphatic carbocycles. The number of aromatic nitrogens is 2. The molecule has 3 aromatic rings. The first-order chi connectivity index (χ1) is 12.6. The van der Waals surface area contributed by atoms with Gasteiger partial charge in [0.25, 0.3) is 0 Å². The zero-order valence-corrected chi connectivity index (χ0v) is 14.3. The number of aromatic carboxylic acids is 1. The number of carbonyl (C=O) groups is 1. The number of nitrogens with one attached hydrogen (secondary N) is 1. The quantitative estimate of drug-likeness (QED) is 0.688. The third-order valence-electron chi connectivity index (χ3n) is 3.94. The van der Waals surface area contributed by atoms with Gasteiger partial charge < -0.3 is 10.4 Å². The molecule has 0 aliphatic heterocycles. The molecule has 0 radical (unpaired) electrons. The van der Waals surface area contributed by atoms with Gasteiger partial charge in [-0.1, -0.05) is 18.7 Å². The summed E-state index contributed by atoms with van der Waals surface area (Å²) in [5.74, 6) is -0.383. The fourth-order valence-electron chi connectivity index (χ4n) is 2.62. The van der Waals surface area contributed by atoms with Crippen LogP contribution in [0.25, 0.3) is 23.6 Å². The Morgan fingerprint density at radius 1 is 1.35 bits per heavy atom. The number of nitrogens with zero attached hydrogens (tertiary/aromatic N) is 3. The molecule has 0 atom stereocenters. The Labute approximate surface area is 150 Å². The largest absolute Gasteiger partial charge is 0.478 e. The number of fused-ring (bicyclic) bond motifs is 1. The van der Waals surface area contributed by atoms with E-state index in [1.165, 1.54) is 0 Å². The number of hydrogen-bond donors (Lipinski definition) is 2. The maximum atomic E-state index is 11.2. The van der Waals surface area contributed by atoms with Gasteiger partial charge in [-0.05, 0) is 35.6 Å². The first kappa shape index (κ1) is 17.3. The summed E-state index contributed by atoms with van der Waals surface area (Å²) in [5.41, 5.74) is 1.63. The van der Waals surface area contributed by atoms with Crippen LogP contribution in [0, 0.1) is 0 Å². The Balaban J connectivity index is 2.14. The number of aliphatic imine (C=N–C) groups is 1. The van der Waals surface area contributed by atoms with Gasteiger partial charge in [-0.3, -0.25) is 9.98 Å². The van der Waals surface area contributed by atoms with Crippen LogP contribution >= 0.6 is 0 Å². The highest BCUT2D eigenvalue weighted by Crippen LogP contribution is 2.12. The molecule has 2 heterocycles. The van der Waals surface area contributed by atoms with E-state index in [-0.39, 0.29) is 5.56 Å². The minimum absolute atomic E-state index is 0.187. The molecule has 1 aromatic carbocycles. The lowest BCUT2D eigenvalue weighted by molar-refractivity contribution is 0.0697. The number of rotatable bonds is 5. The highest BCUT2D eigenvalue weighted by Gasteiger charge is 2.08. The van der Waals surface area contributed by atoms with Crippen molar-refractivity contribution in [2.24, 2.45) is 4.99 Å². The van der Waals surface area contributed by atoms with E-state index in [2.05, 4.69) is 26.9 Å². The number of benzene rings is 1. The second-order valence-corrected chi connectivity index (χ2v) is 5.64. The monoisotopic (exact) mass is 346 g/mol. The third-order valence-corrected chi connectivity index (χ3v) is 3.94. The summed E-state index contributed by atoms with van der Waals surface area (Å²) in [5, 5.41) is 14.8. The number of carboxylic acids is 1. The van der Waals surface area contributed by atoms with E-state index < -0.39 is 5.97 Å². The molecule has 0 unspecified atom stereocenters. The zero-order valence-electron chi connectivity index (χ0n) is 14.3. The van der Waals surface area contributed by atoms with Crippen LogP contribution in [-0.4, -0.2) is 34.3 Å². The predicted octanol–water partition coefficient (Wildman–Crippen LogP) is 1.83. The Hall–Kier alpha value is -3.54. The van der Waals surface area contributed by atoms with Gasteiger partial charge in [0.15, 0.2) is 0 Å². The summed E-state index contributed by atoms with van der Waals surface area (Å²) in [7, 11) is 1.69. The average Bonchev–Trinajstić information content (AvgIpc) is 2.66. The van der Waals surface area contributed by atoms with Gasteiger partial charge >= 0.3 is 5.97 Å². The van der Waals surface area contributed by atoms with E-state index in [9.17, 15) is 9.90 Å². The first-order valence-electron chi connectivity index (χ1n) is 8.02. The van der Waals surface area contributed by atoms with Crippen molar-refractivity contribution in [3.05, 3.63) is 64.3 Å². The number of anilines is 1. The van der Waals surface area contributed by atoms with E-state index in [0.29, 0.717) is 17.9 Å². The lowest BCUT2D eigenvalue weighted by Crippen LogP contribution is -2.29. The summed E-state index contributed by atoms with van der Waals surface area (Å²) in [6, 6.07) is 10.5. The van der Waals surface area contributed by atoms with Crippen molar-refractivity contribution in [1.82, 2.24) is 9.97 Å². The van der Waals surface area contributed by atoms with E-state index in [4.69, 9.17) is 0 Å². The van der Waals surface area contributed by atoms with E-state index in [1.807, 2.05) is 24.3 Å². The summed E-state index contributed by atoms with van der Waals surface area (Å²) in [4.78, 5) is 24.1. The minimum atomic E-state index is -0.990. The van der Waals surface area contributed by atoms with Crippen LogP contribution in [0.2, 0.25) is 0 Å². The average molecular weight is 346 g/mol. The van der Waals surface area contributed by atoms with Crippen LogP contribution in [0.3, 0.4) is 0 Å². The summed E-state index contributed by atoms with van der Waals surface area (Å²) in [6.07, 6.45) is 5.24. The van der Waals surface area contributed by atoms with Crippen molar-refractivity contribution in [3.8, 4) is 0 Å². The summed E-state index contributed by atoms with van der Waals surface area (Å²) < 4.78 is 0. The fourth-order valence-corrected chi connectivity index (χ4v) is 2.62. The van der Waals surface area contributed by atoms with Crippen LogP contribution in [0.4, 0.5) is 5.82 Å². The van der Waals surface area contributed by atoms with Crippen LogP contribution < -0.4 is 15.8 Å². The number of hydrogen-bond acceptors (Lipinski definition) is 5. The van der Waals surface area contributed by atoms with Crippen molar-refractivity contribution >= 4 is 41.6 Å². The molecule has 0 saturated heterocycles. The van der Waals surface area contributed by atoms with Crippen molar-refractivity contribution < 1.29 is 9.90 Å². The molecule has 0 amide bonds. The van der Waals surface area contributed by atoms with Crippen molar-refractivity contribution in [1.29, 1.82) is 0 Å². The zero-order chi connectivity index (χ0) is 18.5. The van der Waals surface area contributed by atoms with Gasteiger partial charge in [0.2, 0.25) is 0 Å². The van der Waals surface area contributed by atoms with Crippen LogP contribution in [0.1, 0.15) is 16.1 Å². The van der Waals surface area contributed by atoms with Crippen molar-refractivity contribution in [3.63, 3.8) is 0 Å². The Bertz CT molecular complexity index is 1090. The van der Waals surface area contributed by atoms with Crippen molar-refractivity contribution in [2.75, 3.05) is 12.4 Å². The van der Waals surface area contributed by atoms with Gasteiger partial charge in [-0.2, -0.15) is 0 Å². The molecule has 0 fully saturated rings. The topological polar surface area (TPSA) is 87.5 Å². The van der Waals surface area contributed by atoms with Gasteiger partial charge in [0, 0.05) is 30.1 Å². The highest BCUT2D eigenvalue weighted by molar-refractivity contribution is 5.95. The summed E-state index contributed by atoms with van der Waals surface area (Å²) >= 11 is 0. The van der Waals surface area contributed by atoms with Crippen LogP contribution in [0.5, 0.6) is 0 Å². The van der Waals surface area contributed by atoms with Gasteiger partial charge in [-0.15, -0.1) is 0 Å². The van der Waals surface area contributed by atoms with E-state index in [0.717, 1.165) is 21.5 Å². The summed E-state index contributed by atoms with van der Waals surface area (Å²) in [6.45, 7) is 4.64.